The van der Waals surface area contributed by atoms with E-state index >= 15 is 0 Å². The van der Waals surface area contributed by atoms with Gasteiger partial charge >= 0.3 is 0 Å². The van der Waals surface area contributed by atoms with Crippen LogP contribution in [0.15, 0.2) is 14.3 Å². The fourth-order valence-corrected chi connectivity index (χ4v) is 4.61. The molecule has 0 unspecified atom stereocenters. The molecule has 2 heterocycles. The Hall–Kier alpha value is 0.580. The van der Waals surface area contributed by atoms with Gasteiger partial charge in [0, 0.05) is 15.9 Å². The largest absolute Gasteiger partial charge is 0.317 e. The summed E-state index contributed by atoms with van der Waals surface area (Å²) in [6.45, 7) is 8.05. The molecule has 5 heteroatoms. The molecule has 1 N–H and O–H groups in total. The van der Waals surface area contributed by atoms with Crippen molar-refractivity contribution in [3.8, 4) is 0 Å². The van der Waals surface area contributed by atoms with Gasteiger partial charge in [-0.3, -0.25) is 4.90 Å². The molecule has 0 amide bonds. The molecular formula is C13H20Br2N2S. The van der Waals surface area contributed by atoms with Crippen molar-refractivity contribution in [3.05, 3.63) is 19.2 Å². The number of hydrogen-bond donors (Lipinski definition) is 1. The number of nitrogens with one attached hydrogen (secondary N) is 1. The average Bonchev–Trinajstić information content (AvgIpc) is 2.67. The minimum Gasteiger partial charge on any atom is -0.317 e. The van der Waals surface area contributed by atoms with Crippen LogP contribution in [-0.2, 0) is 6.54 Å². The molecule has 0 atom stereocenters. The molecule has 1 aliphatic heterocycles. The predicted octanol–water partition coefficient (Wildman–Crippen LogP) is 4.09. The van der Waals surface area contributed by atoms with Gasteiger partial charge in [-0.2, -0.15) is 0 Å². The summed E-state index contributed by atoms with van der Waals surface area (Å²) < 4.78 is 2.39. The van der Waals surface area contributed by atoms with Crippen LogP contribution < -0.4 is 5.32 Å². The van der Waals surface area contributed by atoms with Gasteiger partial charge < -0.3 is 5.32 Å². The molecule has 102 valence electrons. The van der Waals surface area contributed by atoms with Crippen LogP contribution in [0.2, 0.25) is 0 Å². The zero-order valence-electron chi connectivity index (χ0n) is 10.7. The van der Waals surface area contributed by atoms with E-state index in [4.69, 9.17) is 0 Å². The highest BCUT2D eigenvalue weighted by molar-refractivity contribution is 9.13. The summed E-state index contributed by atoms with van der Waals surface area (Å²) in [4.78, 5) is 4.02. The van der Waals surface area contributed by atoms with Crippen LogP contribution in [0.4, 0.5) is 0 Å². The van der Waals surface area contributed by atoms with E-state index in [1.807, 2.05) is 11.3 Å². The van der Waals surface area contributed by atoms with Gasteiger partial charge in [0.2, 0.25) is 0 Å². The van der Waals surface area contributed by atoms with Crippen LogP contribution in [0.1, 0.15) is 24.6 Å². The molecule has 1 saturated heterocycles. The Labute approximate surface area is 130 Å². The molecule has 1 aromatic heterocycles. The monoisotopic (exact) mass is 394 g/mol. The first-order valence-corrected chi connectivity index (χ1v) is 8.96. The molecule has 0 aromatic carbocycles. The van der Waals surface area contributed by atoms with Crippen molar-refractivity contribution in [2.45, 2.75) is 26.3 Å². The third-order valence-corrected chi connectivity index (χ3v) is 6.71. The second kappa shape index (κ2) is 7.39. The average molecular weight is 396 g/mol. The summed E-state index contributed by atoms with van der Waals surface area (Å²) >= 11 is 8.96. The third-order valence-electron chi connectivity index (χ3n) is 3.47. The Morgan fingerprint density at radius 1 is 1.39 bits per heavy atom. The number of piperidine rings is 1. The van der Waals surface area contributed by atoms with E-state index in [9.17, 15) is 0 Å². The predicted molar refractivity (Wildman–Crippen MR) is 86.3 cm³/mol. The molecule has 1 aromatic rings. The fourth-order valence-electron chi connectivity index (χ4n) is 2.39. The fraction of sp³-hybridized carbons (Fsp3) is 0.692. The SMILES string of the molecule is CCNCC1CCN(Cc2cc(Br)c(Br)s2)CC1. The number of rotatable bonds is 5. The lowest BCUT2D eigenvalue weighted by molar-refractivity contribution is 0.177. The Morgan fingerprint density at radius 2 is 2.11 bits per heavy atom. The maximum atomic E-state index is 3.56. The Morgan fingerprint density at radius 3 is 2.67 bits per heavy atom. The minimum atomic E-state index is 0.878. The van der Waals surface area contributed by atoms with Crippen LogP contribution >= 0.6 is 43.2 Å². The van der Waals surface area contributed by atoms with Gasteiger partial charge in [0.1, 0.15) is 0 Å². The zero-order valence-corrected chi connectivity index (χ0v) is 14.7. The smallest absolute Gasteiger partial charge is 0.0843 e. The lowest BCUT2D eigenvalue weighted by Gasteiger charge is -2.31. The lowest BCUT2D eigenvalue weighted by Crippen LogP contribution is -2.36. The van der Waals surface area contributed by atoms with E-state index in [1.54, 1.807) is 0 Å². The van der Waals surface area contributed by atoms with E-state index in [0.717, 1.165) is 19.0 Å². The van der Waals surface area contributed by atoms with Gasteiger partial charge in [-0.15, -0.1) is 11.3 Å². The van der Waals surface area contributed by atoms with Gasteiger partial charge in [0.15, 0.2) is 0 Å². The summed E-state index contributed by atoms with van der Waals surface area (Å²) in [5.74, 6) is 0.878. The molecular weight excluding hydrogens is 376 g/mol. The second-order valence-corrected chi connectivity index (χ2v) is 8.17. The third kappa shape index (κ3) is 4.30. The van der Waals surface area contributed by atoms with Crippen molar-refractivity contribution in [2.75, 3.05) is 26.2 Å². The zero-order chi connectivity index (χ0) is 13.0. The molecule has 0 spiro atoms. The number of likely N-dealkylation sites (tertiary alicyclic amines) is 1. The highest BCUT2D eigenvalue weighted by atomic mass is 79.9. The second-order valence-electron chi connectivity index (χ2n) is 4.86. The van der Waals surface area contributed by atoms with Crippen LogP contribution in [0.25, 0.3) is 0 Å². The molecule has 0 saturated carbocycles. The van der Waals surface area contributed by atoms with E-state index in [1.165, 1.54) is 45.6 Å². The maximum Gasteiger partial charge on any atom is 0.0843 e. The number of thiophene rings is 1. The van der Waals surface area contributed by atoms with Gasteiger partial charge in [-0.05, 0) is 82.9 Å². The van der Waals surface area contributed by atoms with Gasteiger partial charge in [-0.25, -0.2) is 0 Å². The van der Waals surface area contributed by atoms with E-state index < -0.39 is 0 Å². The maximum absolute atomic E-state index is 3.56. The highest BCUT2D eigenvalue weighted by Gasteiger charge is 2.19. The first-order valence-electron chi connectivity index (χ1n) is 6.55. The van der Waals surface area contributed by atoms with Crippen molar-refractivity contribution in [2.24, 2.45) is 5.92 Å². The van der Waals surface area contributed by atoms with Gasteiger partial charge in [0.25, 0.3) is 0 Å². The molecule has 18 heavy (non-hydrogen) atoms. The topological polar surface area (TPSA) is 15.3 Å². The van der Waals surface area contributed by atoms with Crippen LogP contribution in [0.3, 0.4) is 0 Å². The molecule has 0 aliphatic carbocycles. The van der Waals surface area contributed by atoms with Gasteiger partial charge in [0.05, 0.1) is 3.79 Å². The van der Waals surface area contributed by atoms with Crippen molar-refractivity contribution < 1.29 is 0 Å². The molecule has 1 fully saturated rings. The summed E-state index contributed by atoms with van der Waals surface area (Å²) in [6, 6.07) is 2.24. The van der Waals surface area contributed by atoms with Crippen LogP contribution in [0, 0.1) is 5.92 Å². The molecule has 2 nitrogen and oxygen atoms in total. The summed E-state index contributed by atoms with van der Waals surface area (Å²) in [5.41, 5.74) is 0. The van der Waals surface area contributed by atoms with Crippen molar-refractivity contribution in [1.82, 2.24) is 10.2 Å². The summed E-state index contributed by atoms with van der Waals surface area (Å²) in [6.07, 6.45) is 2.67. The molecule has 0 bridgehead atoms. The molecule has 1 aliphatic rings. The van der Waals surface area contributed by atoms with Crippen LogP contribution in [-0.4, -0.2) is 31.1 Å². The highest BCUT2D eigenvalue weighted by Crippen LogP contribution is 2.33. The van der Waals surface area contributed by atoms with E-state index in [2.05, 4.69) is 55.1 Å². The molecule has 0 radical (unpaired) electrons. The summed E-state index contributed by atoms with van der Waals surface area (Å²) in [5, 5.41) is 3.46. The number of nitrogens with zero attached hydrogens (tertiary/aromatic N) is 1. The standard InChI is InChI=1S/C13H20Br2N2S/c1-2-16-8-10-3-5-17(6-4-10)9-11-7-12(14)13(15)18-11/h7,10,16H,2-6,8-9H2,1H3. The minimum absolute atomic E-state index is 0.878. The lowest BCUT2D eigenvalue weighted by atomic mass is 9.97. The quantitative estimate of drug-likeness (QED) is 0.807. The Bertz CT molecular complexity index is 354. The normalized spacial score (nSPS) is 18.4. The number of hydrogen-bond acceptors (Lipinski definition) is 3. The van der Waals surface area contributed by atoms with Crippen molar-refractivity contribution in [3.63, 3.8) is 0 Å². The van der Waals surface area contributed by atoms with Crippen molar-refractivity contribution in [1.29, 1.82) is 0 Å². The van der Waals surface area contributed by atoms with Crippen molar-refractivity contribution >= 4 is 43.2 Å². The Balaban J connectivity index is 1.76. The van der Waals surface area contributed by atoms with Crippen LogP contribution in [0.5, 0.6) is 0 Å². The van der Waals surface area contributed by atoms with E-state index in [-0.39, 0.29) is 0 Å². The first kappa shape index (κ1) is 15.0. The Kier molecular flexibility index (Phi) is 6.15. The first-order chi connectivity index (χ1) is 8.69. The molecule has 2 rings (SSSR count). The summed E-state index contributed by atoms with van der Waals surface area (Å²) in [7, 11) is 0. The van der Waals surface area contributed by atoms with Gasteiger partial charge in [-0.1, -0.05) is 6.92 Å². The number of halogens is 2. The van der Waals surface area contributed by atoms with E-state index in [0.29, 0.717) is 0 Å².